The number of hydrogen-bond acceptors (Lipinski definition) is 6. The molecule has 3 fully saturated rings. The van der Waals surface area contributed by atoms with Crippen molar-refractivity contribution in [3.63, 3.8) is 0 Å². The summed E-state index contributed by atoms with van der Waals surface area (Å²) in [5.74, 6) is -1.90. The Morgan fingerprint density at radius 3 is 2.53 bits per heavy atom. The number of carbonyl (C=O) groups is 3. The van der Waals surface area contributed by atoms with E-state index in [1.54, 1.807) is 11.0 Å². The Kier molecular flexibility index (Phi) is 6.48. The van der Waals surface area contributed by atoms with Gasteiger partial charge in [0.2, 0.25) is 5.91 Å². The standard InChI is InChI=1S/C25H29F3N2O6/c1-34-14-35-24(9-2-3-10-24)21(31)23(33)30-18-5-4-6-19(30)22(32)29-13-15-7-8-17(36-25(26,27)28)11-16(15)12-20(18)29/h7-8,11,18-20H,2-6,9-10,12-14H2,1H3/t18-,19?,20+/m1/s1. The molecule has 1 unspecified atom stereocenters. The molecule has 36 heavy (non-hydrogen) atoms. The molecule has 1 aromatic rings. The normalized spacial score (nSPS) is 26.9. The minimum Gasteiger partial charge on any atom is -0.406 e. The van der Waals surface area contributed by atoms with Crippen LogP contribution in [0.5, 0.6) is 5.75 Å². The molecule has 0 spiro atoms. The molecular weight excluding hydrogens is 481 g/mol. The summed E-state index contributed by atoms with van der Waals surface area (Å²) in [5, 5.41) is 0. The molecule has 0 radical (unpaired) electrons. The fourth-order valence-corrected chi connectivity index (χ4v) is 6.37. The van der Waals surface area contributed by atoms with E-state index in [-0.39, 0.29) is 31.4 Å². The molecule has 2 bridgehead atoms. The number of methoxy groups -OCH3 is 1. The third kappa shape index (κ3) is 4.36. The first-order chi connectivity index (χ1) is 17.1. The lowest BCUT2D eigenvalue weighted by atomic mass is 9.79. The first-order valence-corrected chi connectivity index (χ1v) is 12.3. The van der Waals surface area contributed by atoms with Gasteiger partial charge in [-0.1, -0.05) is 6.07 Å². The number of piperazine rings is 1. The molecule has 4 aliphatic rings. The SMILES string of the molecule is COCOC1(C(=O)C(=O)N2C3CCC[C@@H]2[C@@H]2Cc4cc(OC(F)(F)F)ccc4CN2C3=O)CCCC1. The molecule has 196 valence electrons. The number of hydrogen-bond donors (Lipinski definition) is 0. The zero-order valence-corrected chi connectivity index (χ0v) is 20.0. The number of piperidine rings is 1. The summed E-state index contributed by atoms with van der Waals surface area (Å²) in [4.78, 5) is 43.9. The number of nitrogens with zero attached hydrogens (tertiary/aromatic N) is 2. The summed E-state index contributed by atoms with van der Waals surface area (Å²) in [5.41, 5.74) is 0.148. The maximum Gasteiger partial charge on any atom is 0.573 e. The Hall–Kier alpha value is -2.66. The predicted molar refractivity (Wildman–Crippen MR) is 119 cm³/mol. The molecule has 1 aromatic carbocycles. The van der Waals surface area contributed by atoms with Gasteiger partial charge in [-0.3, -0.25) is 14.4 Å². The second kappa shape index (κ2) is 9.33. The number of Topliss-reactive ketones (excluding diaryl/α,β-unsaturated/α-hetero) is 1. The van der Waals surface area contributed by atoms with Crippen molar-refractivity contribution in [1.82, 2.24) is 9.80 Å². The molecule has 2 saturated heterocycles. The largest absolute Gasteiger partial charge is 0.573 e. The molecule has 11 heteroatoms. The molecule has 1 aliphatic carbocycles. The summed E-state index contributed by atoms with van der Waals surface area (Å²) in [6.45, 7) is 0.134. The molecule has 1 saturated carbocycles. The summed E-state index contributed by atoms with van der Waals surface area (Å²) < 4.78 is 53.1. The molecule has 0 N–H and O–H groups in total. The predicted octanol–water partition coefficient (Wildman–Crippen LogP) is 3.10. The molecule has 5 rings (SSSR count). The van der Waals surface area contributed by atoms with Crippen LogP contribution in [0.4, 0.5) is 13.2 Å². The van der Waals surface area contributed by atoms with Crippen molar-refractivity contribution in [3.05, 3.63) is 29.3 Å². The molecule has 8 nitrogen and oxygen atoms in total. The average Bonchev–Trinajstić information content (AvgIpc) is 3.33. The number of ketones is 1. The van der Waals surface area contributed by atoms with Crippen LogP contribution in [0, 0.1) is 0 Å². The fraction of sp³-hybridized carbons (Fsp3) is 0.640. The van der Waals surface area contributed by atoms with Gasteiger partial charge in [-0.15, -0.1) is 13.2 Å². The van der Waals surface area contributed by atoms with E-state index in [0.717, 1.165) is 24.8 Å². The van der Waals surface area contributed by atoms with Gasteiger partial charge in [-0.2, -0.15) is 0 Å². The summed E-state index contributed by atoms with van der Waals surface area (Å²) in [7, 11) is 1.45. The number of rotatable bonds is 6. The van der Waals surface area contributed by atoms with E-state index in [0.29, 0.717) is 31.2 Å². The number of carbonyl (C=O) groups excluding carboxylic acids is 3. The van der Waals surface area contributed by atoms with Gasteiger partial charge in [0.1, 0.15) is 24.2 Å². The van der Waals surface area contributed by atoms with Crippen molar-refractivity contribution in [3.8, 4) is 5.75 Å². The van der Waals surface area contributed by atoms with Crippen molar-refractivity contribution < 1.29 is 41.8 Å². The highest BCUT2D eigenvalue weighted by Gasteiger charge is 2.55. The van der Waals surface area contributed by atoms with Crippen molar-refractivity contribution in [1.29, 1.82) is 0 Å². The van der Waals surface area contributed by atoms with Gasteiger partial charge in [0.15, 0.2) is 0 Å². The van der Waals surface area contributed by atoms with Crippen LogP contribution >= 0.6 is 0 Å². The first-order valence-electron chi connectivity index (χ1n) is 12.3. The molecule has 0 aromatic heterocycles. The van der Waals surface area contributed by atoms with E-state index >= 15 is 0 Å². The van der Waals surface area contributed by atoms with Crippen molar-refractivity contribution in [2.75, 3.05) is 13.9 Å². The number of alkyl halides is 3. The smallest absolute Gasteiger partial charge is 0.406 e. The van der Waals surface area contributed by atoms with Gasteiger partial charge in [0.05, 0.1) is 12.1 Å². The molecule has 3 atom stereocenters. The highest BCUT2D eigenvalue weighted by Crippen LogP contribution is 2.41. The van der Waals surface area contributed by atoms with E-state index in [2.05, 4.69) is 4.74 Å². The van der Waals surface area contributed by atoms with Crippen LogP contribution in [0.25, 0.3) is 0 Å². The van der Waals surface area contributed by atoms with Gasteiger partial charge in [0, 0.05) is 13.7 Å². The van der Waals surface area contributed by atoms with Crippen LogP contribution in [0.1, 0.15) is 56.1 Å². The van der Waals surface area contributed by atoms with E-state index in [1.807, 2.05) is 0 Å². The highest BCUT2D eigenvalue weighted by atomic mass is 19.4. The van der Waals surface area contributed by atoms with E-state index in [4.69, 9.17) is 9.47 Å². The lowest BCUT2D eigenvalue weighted by Crippen LogP contribution is -2.72. The Bertz CT molecular complexity index is 1050. The number of halogens is 3. The Morgan fingerprint density at radius 1 is 1.08 bits per heavy atom. The van der Waals surface area contributed by atoms with Crippen LogP contribution in [-0.4, -0.2) is 71.4 Å². The number of benzene rings is 1. The van der Waals surface area contributed by atoms with Crippen LogP contribution in [-0.2, 0) is 36.8 Å². The maximum absolute atomic E-state index is 13.7. The van der Waals surface area contributed by atoms with Gasteiger partial charge in [0.25, 0.3) is 11.7 Å². The van der Waals surface area contributed by atoms with Crippen molar-refractivity contribution in [2.24, 2.45) is 0 Å². The third-order valence-electron chi connectivity index (χ3n) is 7.97. The van der Waals surface area contributed by atoms with Gasteiger partial charge in [-0.05, 0) is 74.6 Å². The van der Waals surface area contributed by atoms with E-state index < -0.39 is 41.8 Å². The Balaban J connectivity index is 1.43. The zero-order chi connectivity index (χ0) is 25.7. The second-order valence-corrected chi connectivity index (χ2v) is 10.0. The van der Waals surface area contributed by atoms with Crippen LogP contribution < -0.4 is 4.74 Å². The van der Waals surface area contributed by atoms with Crippen molar-refractivity contribution in [2.45, 2.75) is 88.0 Å². The molecule has 3 aliphatic heterocycles. The number of ether oxygens (including phenoxy) is 3. The molecule has 2 amide bonds. The maximum atomic E-state index is 13.7. The molecule has 3 heterocycles. The molecular formula is C25H29F3N2O6. The van der Waals surface area contributed by atoms with Crippen LogP contribution in [0.15, 0.2) is 18.2 Å². The number of fused-ring (bicyclic) bond motifs is 5. The zero-order valence-electron chi connectivity index (χ0n) is 20.0. The monoisotopic (exact) mass is 510 g/mol. The highest BCUT2D eigenvalue weighted by molar-refractivity contribution is 6.39. The Labute approximate surface area is 206 Å². The fourth-order valence-electron chi connectivity index (χ4n) is 6.37. The summed E-state index contributed by atoms with van der Waals surface area (Å²) in [6, 6.07) is 2.58. The third-order valence-corrected chi connectivity index (χ3v) is 7.97. The van der Waals surface area contributed by atoms with Crippen LogP contribution in [0.2, 0.25) is 0 Å². The summed E-state index contributed by atoms with van der Waals surface area (Å²) >= 11 is 0. The second-order valence-electron chi connectivity index (χ2n) is 10.0. The van der Waals surface area contributed by atoms with Gasteiger partial charge >= 0.3 is 6.36 Å². The topological polar surface area (TPSA) is 85.4 Å². The lowest BCUT2D eigenvalue weighted by molar-refractivity contribution is -0.274. The van der Waals surface area contributed by atoms with E-state index in [9.17, 15) is 27.6 Å². The summed E-state index contributed by atoms with van der Waals surface area (Å²) in [6.07, 6.45) is -0.398. The van der Waals surface area contributed by atoms with E-state index in [1.165, 1.54) is 24.1 Å². The van der Waals surface area contributed by atoms with Gasteiger partial charge < -0.3 is 24.0 Å². The minimum absolute atomic E-state index is 0.111. The first kappa shape index (κ1) is 25.0. The van der Waals surface area contributed by atoms with Crippen molar-refractivity contribution >= 4 is 17.6 Å². The Morgan fingerprint density at radius 2 is 1.83 bits per heavy atom. The number of amides is 2. The lowest BCUT2D eigenvalue weighted by Gasteiger charge is -2.55. The van der Waals surface area contributed by atoms with Gasteiger partial charge in [-0.25, -0.2) is 0 Å². The average molecular weight is 511 g/mol. The minimum atomic E-state index is -4.81. The quantitative estimate of drug-likeness (QED) is 0.432. The van der Waals surface area contributed by atoms with Crippen LogP contribution in [0.3, 0.4) is 0 Å².